The molecule has 1 aliphatic rings. The Morgan fingerprint density at radius 2 is 2.00 bits per heavy atom. The Kier molecular flexibility index (Phi) is 3.30. The Balaban J connectivity index is 2.36. The summed E-state index contributed by atoms with van der Waals surface area (Å²) < 4.78 is 3.51. The van der Waals surface area contributed by atoms with E-state index in [2.05, 4.69) is 0 Å². The molecule has 3 rings (SSSR count). The van der Waals surface area contributed by atoms with Crippen molar-refractivity contribution in [1.29, 1.82) is 0 Å². The highest BCUT2D eigenvalue weighted by molar-refractivity contribution is 5.34. The van der Waals surface area contributed by atoms with Crippen molar-refractivity contribution in [3.8, 4) is 11.6 Å². The number of aromatic nitrogens is 2. The van der Waals surface area contributed by atoms with E-state index in [1.54, 1.807) is 9.13 Å². The van der Waals surface area contributed by atoms with Gasteiger partial charge in [0.25, 0.3) is 5.82 Å². The van der Waals surface area contributed by atoms with E-state index in [-0.39, 0.29) is 11.4 Å². The zero-order valence-corrected chi connectivity index (χ0v) is 11.6. The summed E-state index contributed by atoms with van der Waals surface area (Å²) in [6.07, 6.45) is 3.29. The van der Waals surface area contributed by atoms with Crippen LogP contribution in [-0.4, -0.2) is 4.57 Å². The van der Waals surface area contributed by atoms with E-state index >= 15 is 0 Å². The van der Waals surface area contributed by atoms with Crippen molar-refractivity contribution in [2.75, 3.05) is 0 Å². The van der Waals surface area contributed by atoms with E-state index in [0.29, 0.717) is 18.5 Å². The Morgan fingerprint density at radius 1 is 1.25 bits per heavy atom. The average molecular weight is 270 g/mol. The number of hydrogen-bond donors (Lipinski definition) is 0. The molecule has 1 aromatic carbocycles. The van der Waals surface area contributed by atoms with Crippen LogP contribution in [0.2, 0.25) is 0 Å². The molecule has 0 bridgehead atoms. The summed E-state index contributed by atoms with van der Waals surface area (Å²) >= 11 is 0. The third-order valence-electron chi connectivity index (χ3n) is 3.93. The van der Waals surface area contributed by atoms with Gasteiger partial charge in [-0.25, -0.2) is 9.36 Å². The molecule has 0 radical (unpaired) electrons. The lowest BCUT2D eigenvalue weighted by molar-refractivity contribution is -0.750. The SMILES string of the molecule is CCc1c([O-])[n+]2c(n(-c3ccccc3)c1=O)CCCC2. The van der Waals surface area contributed by atoms with Gasteiger partial charge in [0.15, 0.2) is 0 Å². The van der Waals surface area contributed by atoms with Crippen LogP contribution in [0.3, 0.4) is 0 Å². The van der Waals surface area contributed by atoms with Crippen LogP contribution in [0.15, 0.2) is 35.1 Å². The van der Waals surface area contributed by atoms with Crippen LogP contribution < -0.4 is 15.2 Å². The average Bonchev–Trinajstić information content (AvgIpc) is 2.49. The molecule has 2 heterocycles. The van der Waals surface area contributed by atoms with E-state index in [4.69, 9.17) is 0 Å². The maximum Gasteiger partial charge on any atom is 0.345 e. The minimum Gasteiger partial charge on any atom is -0.842 e. The predicted molar refractivity (Wildman–Crippen MR) is 74.0 cm³/mol. The normalized spacial score (nSPS) is 14.1. The fourth-order valence-electron chi connectivity index (χ4n) is 2.92. The summed E-state index contributed by atoms with van der Waals surface area (Å²) in [7, 11) is 0. The molecule has 104 valence electrons. The molecule has 20 heavy (non-hydrogen) atoms. The van der Waals surface area contributed by atoms with Crippen molar-refractivity contribution in [2.45, 2.75) is 39.2 Å². The fourth-order valence-corrected chi connectivity index (χ4v) is 2.92. The summed E-state index contributed by atoms with van der Waals surface area (Å²) in [5.74, 6) is 0.744. The van der Waals surface area contributed by atoms with Gasteiger partial charge in [0.05, 0.1) is 18.0 Å². The molecule has 0 aliphatic carbocycles. The second-order valence-corrected chi connectivity index (χ2v) is 5.14. The van der Waals surface area contributed by atoms with Gasteiger partial charge in [-0.2, -0.15) is 4.57 Å². The van der Waals surface area contributed by atoms with Crippen LogP contribution in [-0.2, 0) is 19.4 Å². The maximum atomic E-state index is 12.6. The Morgan fingerprint density at radius 3 is 2.70 bits per heavy atom. The van der Waals surface area contributed by atoms with Crippen LogP contribution in [0, 0.1) is 0 Å². The third-order valence-corrected chi connectivity index (χ3v) is 3.93. The molecule has 0 N–H and O–H groups in total. The van der Waals surface area contributed by atoms with Gasteiger partial charge < -0.3 is 5.11 Å². The number of nitrogens with zero attached hydrogens (tertiary/aromatic N) is 2. The van der Waals surface area contributed by atoms with Gasteiger partial charge >= 0.3 is 5.56 Å². The van der Waals surface area contributed by atoms with Crippen LogP contribution in [0.5, 0.6) is 5.88 Å². The Bertz CT molecular complexity index is 690. The fraction of sp³-hybridized carbons (Fsp3) is 0.375. The van der Waals surface area contributed by atoms with Crippen LogP contribution in [0.25, 0.3) is 5.69 Å². The van der Waals surface area contributed by atoms with E-state index in [1.807, 2.05) is 37.3 Å². The van der Waals surface area contributed by atoms with E-state index in [9.17, 15) is 9.90 Å². The maximum absolute atomic E-state index is 12.6. The first-order valence-electron chi connectivity index (χ1n) is 7.17. The largest absolute Gasteiger partial charge is 0.842 e. The van der Waals surface area contributed by atoms with Gasteiger partial charge in [0, 0.05) is 6.42 Å². The molecule has 0 saturated carbocycles. The van der Waals surface area contributed by atoms with Crippen molar-refractivity contribution >= 4 is 0 Å². The quantitative estimate of drug-likeness (QED) is 0.767. The van der Waals surface area contributed by atoms with Crippen LogP contribution in [0.4, 0.5) is 0 Å². The highest BCUT2D eigenvalue weighted by Crippen LogP contribution is 2.16. The molecule has 0 atom stereocenters. The minimum absolute atomic E-state index is 0.0978. The molecule has 1 aromatic heterocycles. The molecule has 4 heteroatoms. The smallest absolute Gasteiger partial charge is 0.345 e. The zero-order chi connectivity index (χ0) is 14.1. The molecular weight excluding hydrogens is 252 g/mol. The molecule has 0 amide bonds. The minimum atomic E-state index is -0.156. The lowest BCUT2D eigenvalue weighted by Crippen LogP contribution is -2.51. The number of hydrogen-bond acceptors (Lipinski definition) is 2. The first-order valence-corrected chi connectivity index (χ1v) is 7.17. The topological polar surface area (TPSA) is 48.9 Å². The zero-order valence-electron chi connectivity index (χ0n) is 11.6. The number of fused-ring (bicyclic) bond motifs is 1. The summed E-state index contributed by atoms with van der Waals surface area (Å²) in [4.78, 5) is 12.6. The molecule has 0 fully saturated rings. The van der Waals surface area contributed by atoms with E-state index in [0.717, 1.165) is 30.8 Å². The lowest BCUT2D eigenvalue weighted by Gasteiger charge is -2.22. The van der Waals surface area contributed by atoms with E-state index < -0.39 is 0 Å². The highest BCUT2D eigenvalue weighted by atomic mass is 16.3. The van der Waals surface area contributed by atoms with Gasteiger partial charge in [0.1, 0.15) is 5.69 Å². The summed E-state index contributed by atoms with van der Waals surface area (Å²) in [5, 5.41) is 12.4. The van der Waals surface area contributed by atoms with Crippen molar-refractivity contribution in [2.24, 2.45) is 0 Å². The predicted octanol–water partition coefficient (Wildman–Crippen LogP) is 1.10. The van der Waals surface area contributed by atoms with Gasteiger partial charge in [-0.3, -0.25) is 0 Å². The summed E-state index contributed by atoms with van der Waals surface area (Å²) in [6, 6.07) is 9.59. The molecule has 4 nitrogen and oxygen atoms in total. The molecule has 0 unspecified atom stereocenters. The van der Waals surface area contributed by atoms with Crippen molar-refractivity contribution in [1.82, 2.24) is 4.57 Å². The third kappa shape index (κ3) is 1.92. The van der Waals surface area contributed by atoms with Crippen molar-refractivity contribution in [3.05, 3.63) is 52.1 Å². The molecule has 2 aromatic rings. The van der Waals surface area contributed by atoms with Gasteiger partial charge in [-0.1, -0.05) is 25.1 Å². The highest BCUT2D eigenvalue weighted by Gasteiger charge is 2.26. The van der Waals surface area contributed by atoms with Gasteiger partial charge in [-0.05, 0) is 31.4 Å². The lowest BCUT2D eigenvalue weighted by atomic mass is 10.1. The first-order chi connectivity index (χ1) is 9.74. The van der Waals surface area contributed by atoms with Crippen molar-refractivity contribution in [3.63, 3.8) is 0 Å². The molecule has 0 spiro atoms. The van der Waals surface area contributed by atoms with E-state index in [1.165, 1.54) is 0 Å². The number of benzene rings is 1. The summed E-state index contributed by atoms with van der Waals surface area (Å²) in [6.45, 7) is 2.58. The second kappa shape index (κ2) is 5.12. The Labute approximate surface area is 117 Å². The molecule has 1 aliphatic heterocycles. The number of rotatable bonds is 2. The standard InChI is InChI=1S/C16H18N2O2/c1-2-13-15(19)17-11-7-6-10-14(17)18(16(13)20)12-8-4-3-5-9-12/h3-5,8-9H,2,6-7,10-11H2,1H3. The van der Waals surface area contributed by atoms with Gasteiger partial charge in [-0.15, -0.1) is 0 Å². The van der Waals surface area contributed by atoms with Crippen molar-refractivity contribution < 1.29 is 9.67 Å². The van der Waals surface area contributed by atoms with Crippen LogP contribution >= 0.6 is 0 Å². The molecule has 0 saturated heterocycles. The van der Waals surface area contributed by atoms with Gasteiger partial charge in [0.2, 0.25) is 0 Å². The summed E-state index contributed by atoms with van der Waals surface area (Å²) in [5.41, 5.74) is 1.08. The van der Waals surface area contributed by atoms with Crippen LogP contribution in [0.1, 0.15) is 31.2 Å². The second-order valence-electron chi connectivity index (χ2n) is 5.14. The Hall–Kier alpha value is -2.10. The molecular formula is C16H18N2O2. The number of para-hydroxylation sites is 1. The first kappa shape index (κ1) is 12.9. The monoisotopic (exact) mass is 270 g/mol.